The number of piperidine rings is 1. The highest BCUT2D eigenvalue weighted by atomic mass is 15.3. The van der Waals surface area contributed by atoms with E-state index in [9.17, 15) is 0 Å². The lowest BCUT2D eigenvalue weighted by molar-refractivity contribution is -0.00203. The molecule has 3 nitrogen and oxygen atoms in total. The van der Waals surface area contributed by atoms with E-state index in [4.69, 9.17) is 0 Å². The third-order valence-corrected chi connectivity index (χ3v) is 6.97. The van der Waals surface area contributed by atoms with Crippen LogP contribution in [-0.4, -0.2) is 72.1 Å². The summed E-state index contributed by atoms with van der Waals surface area (Å²) in [6.45, 7) is 17.4. The van der Waals surface area contributed by atoms with Gasteiger partial charge in [-0.15, -0.1) is 0 Å². The Kier molecular flexibility index (Phi) is 6.03. The van der Waals surface area contributed by atoms with E-state index >= 15 is 0 Å². The van der Waals surface area contributed by atoms with Crippen LogP contribution < -0.4 is 0 Å². The molecule has 0 N–H and O–H groups in total. The Bertz CT molecular complexity index is 356. The van der Waals surface area contributed by atoms with Gasteiger partial charge in [-0.3, -0.25) is 9.80 Å². The molecule has 3 aliphatic rings. The number of hydrogen-bond acceptors (Lipinski definition) is 3. The monoisotopic (exact) mass is 321 g/mol. The molecule has 0 aromatic rings. The molecule has 0 spiro atoms. The molecule has 0 bridgehead atoms. The first-order chi connectivity index (χ1) is 11.1. The van der Waals surface area contributed by atoms with E-state index < -0.39 is 0 Å². The molecule has 134 valence electrons. The Hall–Kier alpha value is -0.120. The SMILES string of the molecule is CCC1CC(N2CCN(CC3CCN(C(C)C)CC3)C(C)C2)C1. The quantitative estimate of drug-likeness (QED) is 0.769. The van der Waals surface area contributed by atoms with Gasteiger partial charge in [0, 0.05) is 44.3 Å². The Morgan fingerprint density at radius 2 is 1.65 bits per heavy atom. The van der Waals surface area contributed by atoms with Crippen molar-refractivity contribution in [3.8, 4) is 0 Å². The zero-order valence-corrected chi connectivity index (χ0v) is 16.0. The fraction of sp³-hybridized carbons (Fsp3) is 1.00. The van der Waals surface area contributed by atoms with Gasteiger partial charge >= 0.3 is 0 Å². The molecular weight excluding hydrogens is 282 g/mol. The molecule has 2 heterocycles. The van der Waals surface area contributed by atoms with Crippen LogP contribution in [-0.2, 0) is 0 Å². The maximum atomic E-state index is 2.80. The van der Waals surface area contributed by atoms with Crippen molar-refractivity contribution in [3.05, 3.63) is 0 Å². The van der Waals surface area contributed by atoms with Crippen LogP contribution in [0.3, 0.4) is 0 Å². The summed E-state index contributed by atoms with van der Waals surface area (Å²) >= 11 is 0. The van der Waals surface area contributed by atoms with E-state index in [1.54, 1.807) is 0 Å². The second kappa shape index (κ2) is 7.84. The summed E-state index contributed by atoms with van der Waals surface area (Å²) in [4.78, 5) is 8.25. The highest BCUT2D eigenvalue weighted by molar-refractivity contribution is 4.91. The predicted octanol–water partition coefficient (Wildman–Crippen LogP) is 3.30. The first-order valence-corrected chi connectivity index (χ1v) is 10.3. The summed E-state index contributed by atoms with van der Waals surface area (Å²) < 4.78 is 0. The van der Waals surface area contributed by atoms with Crippen molar-refractivity contribution in [2.45, 2.75) is 77.9 Å². The van der Waals surface area contributed by atoms with E-state index in [0.29, 0.717) is 0 Å². The molecule has 3 heteroatoms. The normalized spacial score (nSPS) is 35.6. The van der Waals surface area contributed by atoms with Gasteiger partial charge in [0.15, 0.2) is 0 Å². The smallest absolute Gasteiger partial charge is 0.0195 e. The lowest BCUT2D eigenvalue weighted by atomic mass is 9.77. The van der Waals surface area contributed by atoms with Crippen LogP contribution in [0.5, 0.6) is 0 Å². The molecule has 0 radical (unpaired) electrons. The summed E-state index contributed by atoms with van der Waals surface area (Å²) in [5.74, 6) is 1.96. The molecule has 3 rings (SSSR count). The van der Waals surface area contributed by atoms with Gasteiger partial charge < -0.3 is 4.90 Å². The second-order valence-electron chi connectivity index (χ2n) is 8.81. The standard InChI is InChI=1S/C20H39N3/c1-5-18-12-20(13-18)23-11-10-22(17(4)14-23)15-19-6-8-21(9-7-19)16(2)3/h16-20H,5-15H2,1-4H3. The molecule has 0 amide bonds. The molecular formula is C20H39N3. The Morgan fingerprint density at radius 1 is 0.957 bits per heavy atom. The maximum Gasteiger partial charge on any atom is 0.0195 e. The number of likely N-dealkylation sites (tertiary alicyclic amines) is 1. The minimum absolute atomic E-state index is 0.729. The van der Waals surface area contributed by atoms with Crippen molar-refractivity contribution in [2.75, 3.05) is 39.3 Å². The van der Waals surface area contributed by atoms with Crippen molar-refractivity contribution >= 4 is 0 Å². The molecule has 1 unspecified atom stereocenters. The Labute approximate surface area is 144 Å². The number of piperazine rings is 1. The minimum Gasteiger partial charge on any atom is -0.301 e. The van der Waals surface area contributed by atoms with Crippen LogP contribution in [0.4, 0.5) is 0 Å². The first kappa shape index (κ1) is 17.7. The molecule has 1 aliphatic carbocycles. The third-order valence-electron chi connectivity index (χ3n) is 6.97. The van der Waals surface area contributed by atoms with Crippen LogP contribution in [0.25, 0.3) is 0 Å². The average molecular weight is 322 g/mol. The van der Waals surface area contributed by atoms with Gasteiger partial charge in [0.05, 0.1) is 0 Å². The zero-order valence-electron chi connectivity index (χ0n) is 16.0. The Balaban J connectivity index is 1.39. The van der Waals surface area contributed by atoms with Crippen molar-refractivity contribution in [1.29, 1.82) is 0 Å². The molecule has 0 aromatic carbocycles. The van der Waals surface area contributed by atoms with Gasteiger partial charge in [0.1, 0.15) is 0 Å². The highest BCUT2D eigenvalue weighted by Gasteiger charge is 2.36. The van der Waals surface area contributed by atoms with Crippen molar-refractivity contribution in [3.63, 3.8) is 0 Å². The van der Waals surface area contributed by atoms with E-state index in [0.717, 1.165) is 30.0 Å². The largest absolute Gasteiger partial charge is 0.301 e. The lowest BCUT2D eigenvalue weighted by Gasteiger charge is -2.49. The average Bonchev–Trinajstić information content (AvgIpc) is 2.49. The van der Waals surface area contributed by atoms with Gasteiger partial charge in [-0.05, 0) is 71.4 Å². The summed E-state index contributed by atoms with van der Waals surface area (Å²) in [6, 6.07) is 2.40. The molecule has 1 saturated carbocycles. The van der Waals surface area contributed by atoms with Gasteiger partial charge in [-0.25, -0.2) is 0 Å². The lowest BCUT2D eigenvalue weighted by Crippen LogP contribution is -2.58. The summed E-state index contributed by atoms with van der Waals surface area (Å²) in [5, 5.41) is 0. The van der Waals surface area contributed by atoms with Crippen LogP contribution in [0.1, 0.15) is 59.8 Å². The van der Waals surface area contributed by atoms with Crippen LogP contribution in [0.2, 0.25) is 0 Å². The van der Waals surface area contributed by atoms with Gasteiger partial charge in [-0.1, -0.05) is 13.3 Å². The van der Waals surface area contributed by atoms with Crippen molar-refractivity contribution in [2.24, 2.45) is 11.8 Å². The first-order valence-electron chi connectivity index (χ1n) is 10.3. The fourth-order valence-electron chi connectivity index (χ4n) is 4.94. The van der Waals surface area contributed by atoms with E-state index in [-0.39, 0.29) is 0 Å². The van der Waals surface area contributed by atoms with E-state index in [2.05, 4.69) is 42.4 Å². The molecule has 1 atom stereocenters. The van der Waals surface area contributed by atoms with Crippen molar-refractivity contribution in [1.82, 2.24) is 14.7 Å². The topological polar surface area (TPSA) is 9.72 Å². The summed E-state index contributed by atoms with van der Waals surface area (Å²) in [6.07, 6.45) is 7.15. The van der Waals surface area contributed by atoms with Gasteiger partial charge in [-0.2, -0.15) is 0 Å². The molecule has 2 aliphatic heterocycles. The third kappa shape index (κ3) is 4.29. The zero-order chi connectivity index (χ0) is 16.4. The van der Waals surface area contributed by atoms with Crippen LogP contribution in [0.15, 0.2) is 0 Å². The van der Waals surface area contributed by atoms with E-state index in [1.165, 1.54) is 71.4 Å². The number of nitrogens with zero attached hydrogens (tertiary/aromatic N) is 3. The number of rotatable bonds is 5. The fourth-order valence-corrected chi connectivity index (χ4v) is 4.94. The molecule has 23 heavy (non-hydrogen) atoms. The maximum absolute atomic E-state index is 2.80. The predicted molar refractivity (Wildman–Crippen MR) is 98.8 cm³/mol. The van der Waals surface area contributed by atoms with Crippen molar-refractivity contribution < 1.29 is 0 Å². The minimum atomic E-state index is 0.729. The van der Waals surface area contributed by atoms with Gasteiger partial charge in [0.25, 0.3) is 0 Å². The van der Waals surface area contributed by atoms with Gasteiger partial charge in [0.2, 0.25) is 0 Å². The summed E-state index contributed by atoms with van der Waals surface area (Å²) in [7, 11) is 0. The Morgan fingerprint density at radius 3 is 2.22 bits per heavy atom. The van der Waals surface area contributed by atoms with Crippen LogP contribution >= 0.6 is 0 Å². The molecule has 2 saturated heterocycles. The number of hydrogen-bond donors (Lipinski definition) is 0. The highest BCUT2D eigenvalue weighted by Crippen LogP contribution is 2.35. The van der Waals surface area contributed by atoms with E-state index in [1.807, 2.05) is 0 Å². The van der Waals surface area contributed by atoms with Crippen LogP contribution in [0, 0.1) is 11.8 Å². The second-order valence-corrected chi connectivity index (χ2v) is 8.81. The molecule has 0 aromatic heterocycles. The summed E-state index contributed by atoms with van der Waals surface area (Å²) in [5.41, 5.74) is 0. The molecule has 3 fully saturated rings.